The van der Waals surface area contributed by atoms with Crippen LogP contribution in [0.5, 0.6) is 0 Å². The Bertz CT molecular complexity index is 285. The number of hydrogen-bond acceptors (Lipinski definition) is 4. The summed E-state index contributed by atoms with van der Waals surface area (Å²) < 4.78 is 29.5. The number of ether oxygens (including phenoxy) is 1. The van der Waals surface area contributed by atoms with Gasteiger partial charge in [-0.3, -0.25) is 0 Å². The lowest BCUT2D eigenvalue weighted by atomic mass is 10.3. The van der Waals surface area contributed by atoms with Gasteiger partial charge in [0.25, 0.3) is 16.1 Å². The third kappa shape index (κ3) is 2.73. The standard InChI is InChI=1S/C6H9NO4S/c8-5-7-12(9,10)4-6-2-1-3-11-6/h6H,1-4H2. The van der Waals surface area contributed by atoms with Crippen LogP contribution in [0.25, 0.3) is 0 Å². The van der Waals surface area contributed by atoms with E-state index >= 15 is 0 Å². The maximum atomic E-state index is 10.9. The van der Waals surface area contributed by atoms with Crippen LogP contribution in [0.4, 0.5) is 0 Å². The van der Waals surface area contributed by atoms with Crippen LogP contribution in [0.2, 0.25) is 0 Å². The molecule has 1 saturated heterocycles. The van der Waals surface area contributed by atoms with E-state index in [1.165, 1.54) is 0 Å². The molecule has 0 spiro atoms. The fourth-order valence-corrected chi connectivity index (χ4v) is 2.03. The van der Waals surface area contributed by atoms with Crippen LogP contribution >= 0.6 is 0 Å². The Hall–Kier alpha value is -0.710. The molecule has 1 unspecified atom stereocenters. The second kappa shape index (κ2) is 3.80. The Balaban J connectivity index is 2.54. The minimum Gasteiger partial charge on any atom is -0.377 e. The van der Waals surface area contributed by atoms with E-state index in [2.05, 4.69) is 4.40 Å². The molecule has 1 rings (SSSR count). The van der Waals surface area contributed by atoms with E-state index in [4.69, 9.17) is 4.74 Å². The summed E-state index contributed by atoms with van der Waals surface area (Å²) in [6.45, 7) is 0.588. The summed E-state index contributed by atoms with van der Waals surface area (Å²) in [7, 11) is -3.64. The second-order valence-electron chi connectivity index (χ2n) is 2.57. The molecule has 1 atom stereocenters. The predicted molar refractivity (Wildman–Crippen MR) is 40.9 cm³/mol. The van der Waals surface area contributed by atoms with Crippen LogP contribution in [0, 0.1) is 0 Å². The smallest absolute Gasteiger partial charge is 0.266 e. The van der Waals surface area contributed by atoms with E-state index in [9.17, 15) is 13.2 Å². The van der Waals surface area contributed by atoms with Crippen LogP contribution in [-0.2, 0) is 19.6 Å². The molecular formula is C6H9NO4S. The fraction of sp³-hybridized carbons (Fsp3) is 0.833. The SMILES string of the molecule is O=C=NS(=O)(=O)CC1CCCO1. The molecule has 68 valence electrons. The van der Waals surface area contributed by atoms with Crippen molar-refractivity contribution in [1.29, 1.82) is 0 Å². The van der Waals surface area contributed by atoms with E-state index in [1.807, 2.05) is 0 Å². The molecule has 0 bridgehead atoms. The highest BCUT2D eigenvalue weighted by molar-refractivity contribution is 7.90. The van der Waals surface area contributed by atoms with E-state index in [0.717, 1.165) is 12.5 Å². The summed E-state index contributed by atoms with van der Waals surface area (Å²) in [5, 5.41) is 0. The monoisotopic (exact) mass is 191 g/mol. The Labute approximate surface area is 70.5 Å². The third-order valence-electron chi connectivity index (χ3n) is 1.60. The summed E-state index contributed by atoms with van der Waals surface area (Å²) in [5.74, 6) is -0.206. The van der Waals surface area contributed by atoms with Gasteiger partial charge in [0.15, 0.2) is 0 Å². The van der Waals surface area contributed by atoms with Crippen LogP contribution in [0.1, 0.15) is 12.8 Å². The molecule has 1 aliphatic rings. The van der Waals surface area contributed by atoms with Gasteiger partial charge in [-0.2, -0.15) is 0 Å². The average molecular weight is 191 g/mol. The van der Waals surface area contributed by atoms with Gasteiger partial charge in [0, 0.05) is 6.61 Å². The van der Waals surface area contributed by atoms with Gasteiger partial charge >= 0.3 is 0 Å². The predicted octanol–water partition coefficient (Wildman–Crippen LogP) is -0.169. The lowest BCUT2D eigenvalue weighted by Gasteiger charge is -2.04. The second-order valence-corrected chi connectivity index (χ2v) is 4.25. The normalized spacial score (nSPS) is 23.5. The number of hydrogen-bond donors (Lipinski definition) is 0. The van der Waals surface area contributed by atoms with Crippen molar-refractivity contribution in [2.24, 2.45) is 4.40 Å². The molecule has 0 amide bonds. The fourth-order valence-electron chi connectivity index (χ4n) is 1.10. The van der Waals surface area contributed by atoms with Gasteiger partial charge in [0.05, 0.1) is 11.9 Å². The summed E-state index contributed by atoms with van der Waals surface area (Å²) in [6.07, 6.45) is 2.30. The van der Waals surface area contributed by atoms with Gasteiger partial charge in [-0.1, -0.05) is 4.40 Å². The van der Waals surface area contributed by atoms with Crippen LogP contribution < -0.4 is 0 Å². The van der Waals surface area contributed by atoms with Crippen molar-refractivity contribution in [1.82, 2.24) is 0 Å². The molecule has 12 heavy (non-hydrogen) atoms. The molecule has 0 aromatic carbocycles. The molecule has 0 aromatic heterocycles. The number of nitrogens with zero attached hydrogens (tertiary/aromatic N) is 1. The first kappa shape index (κ1) is 9.38. The summed E-state index contributed by atoms with van der Waals surface area (Å²) >= 11 is 0. The van der Waals surface area contributed by atoms with Crippen molar-refractivity contribution in [3.8, 4) is 0 Å². The lowest BCUT2D eigenvalue weighted by molar-refractivity contribution is 0.127. The van der Waals surface area contributed by atoms with Crippen molar-refractivity contribution >= 4 is 16.1 Å². The third-order valence-corrected chi connectivity index (χ3v) is 2.74. The van der Waals surface area contributed by atoms with Gasteiger partial charge in [-0.15, -0.1) is 0 Å². The lowest BCUT2D eigenvalue weighted by Crippen LogP contribution is -2.18. The molecule has 5 nitrogen and oxygen atoms in total. The highest BCUT2D eigenvalue weighted by Crippen LogP contribution is 2.14. The summed E-state index contributed by atoms with van der Waals surface area (Å²) in [6, 6.07) is 0. The highest BCUT2D eigenvalue weighted by Gasteiger charge is 2.22. The molecular weight excluding hydrogens is 182 g/mol. The zero-order valence-electron chi connectivity index (χ0n) is 6.39. The first-order valence-electron chi connectivity index (χ1n) is 3.57. The maximum absolute atomic E-state index is 10.9. The number of rotatable bonds is 3. The van der Waals surface area contributed by atoms with Crippen LogP contribution in [-0.4, -0.2) is 33.0 Å². The Kier molecular flexibility index (Phi) is 2.97. The van der Waals surface area contributed by atoms with Gasteiger partial charge in [0.1, 0.15) is 0 Å². The molecule has 0 radical (unpaired) electrons. The average Bonchev–Trinajstić information content (AvgIpc) is 2.38. The maximum Gasteiger partial charge on any atom is 0.266 e. The minimum atomic E-state index is -3.64. The van der Waals surface area contributed by atoms with Crippen molar-refractivity contribution in [2.45, 2.75) is 18.9 Å². The zero-order valence-corrected chi connectivity index (χ0v) is 7.21. The summed E-state index contributed by atoms with van der Waals surface area (Å²) in [4.78, 5) is 9.68. The van der Waals surface area contributed by atoms with E-state index < -0.39 is 10.0 Å². The van der Waals surface area contributed by atoms with Gasteiger partial charge in [-0.05, 0) is 12.8 Å². The minimum absolute atomic E-state index is 0.206. The number of isocyanates is 1. The number of carbonyl (C=O) groups excluding carboxylic acids is 1. The Morgan fingerprint density at radius 2 is 2.33 bits per heavy atom. The zero-order chi connectivity index (χ0) is 9.03. The molecule has 6 heteroatoms. The van der Waals surface area contributed by atoms with Gasteiger partial charge in [-0.25, -0.2) is 13.2 Å². The van der Waals surface area contributed by atoms with Crippen LogP contribution in [0.3, 0.4) is 0 Å². The first-order chi connectivity index (χ1) is 5.64. The van der Waals surface area contributed by atoms with E-state index in [-0.39, 0.29) is 11.9 Å². The Morgan fingerprint density at radius 1 is 1.58 bits per heavy atom. The molecule has 0 aromatic rings. The largest absolute Gasteiger partial charge is 0.377 e. The van der Waals surface area contributed by atoms with E-state index in [0.29, 0.717) is 13.0 Å². The Morgan fingerprint density at radius 3 is 2.83 bits per heavy atom. The van der Waals surface area contributed by atoms with Crippen LogP contribution in [0.15, 0.2) is 4.40 Å². The molecule has 1 fully saturated rings. The highest BCUT2D eigenvalue weighted by atomic mass is 32.2. The summed E-state index contributed by atoms with van der Waals surface area (Å²) in [5.41, 5.74) is 0. The molecule has 1 aliphatic heterocycles. The molecule has 0 N–H and O–H groups in total. The van der Waals surface area contributed by atoms with Crippen molar-refractivity contribution in [3.05, 3.63) is 0 Å². The van der Waals surface area contributed by atoms with E-state index in [1.54, 1.807) is 0 Å². The first-order valence-corrected chi connectivity index (χ1v) is 5.18. The van der Waals surface area contributed by atoms with Crippen molar-refractivity contribution < 1.29 is 17.9 Å². The quantitative estimate of drug-likeness (QED) is 0.458. The van der Waals surface area contributed by atoms with Gasteiger partial charge < -0.3 is 4.74 Å². The number of sulfonamides is 1. The van der Waals surface area contributed by atoms with Crippen molar-refractivity contribution in [3.63, 3.8) is 0 Å². The molecule has 0 aliphatic carbocycles. The van der Waals surface area contributed by atoms with Crippen molar-refractivity contribution in [2.75, 3.05) is 12.4 Å². The van der Waals surface area contributed by atoms with Gasteiger partial charge in [0.2, 0.25) is 0 Å². The topological polar surface area (TPSA) is 72.8 Å². The molecule has 1 heterocycles. The molecule has 0 saturated carbocycles.